The van der Waals surface area contributed by atoms with E-state index in [0.29, 0.717) is 5.57 Å². The van der Waals surface area contributed by atoms with Crippen LogP contribution in [0.1, 0.15) is 94.4 Å². The molecular formula is C32H48O9. The monoisotopic (exact) mass is 576 g/mol. The summed E-state index contributed by atoms with van der Waals surface area (Å²) in [6.07, 6.45) is -1.54. The zero-order valence-electron chi connectivity index (χ0n) is 25.9. The first-order valence-corrected chi connectivity index (χ1v) is 14.8. The van der Waals surface area contributed by atoms with E-state index in [2.05, 4.69) is 0 Å². The normalized spacial score (nSPS) is 43.3. The molecule has 3 saturated carbocycles. The number of ketones is 3. The number of rotatable bonds is 6. The minimum atomic E-state index is -2.00. The van der Waals surface area contributed by atoms with Crippen LogP contribution in [-0.4, -0.2) is 73.3 Å². The van der Waals surface area contributed by atoms with Crippen LogP contribution in [0.4, 0.5) is 0 Å². The van der Waals surface area contributed by atoms with Crippen molar-refractivity contribution in [3.05, 3.63) is 11.6 Å². The highest BCUT2D eigenvalue weighted by atomic mass is 16.6. The molecule has 41 heavy (non-hydrogen) atoms. The average Bonchev–Trinajstić information content (AvgIpc) is 3.01. The van der Waals surface area contributed by atoms with Crippen LogP contribution in [0.5, 0.6) is 0 Å². The topological polar surface area (TPSA) is 158 Å². The molecule has 0 bridgehead atoms. The summed E-state index contributed by atoms with van der Waals surface area (Å²) >= 11 is 0. The summed E-state index contributed by atoms with van der Waals surface area (Å²) in [7, 11) is 0. The minimum Gasteiger partial charge on any atom is -0.460 e. The molecule has 9 nitrogen and oxygen atoms in total. The summed E-state index contributed by atoms with van der Waals surface area (Å²) in [4.78, 5) is 52.3. The molecule has 10 atom stereocenters. The third-order valence-electron chi connectivity index (χ3n) is 11.9. The molecule has 0 saturated heterocycles. The van der Waals surface area contributed by atoms with Gasteiger partial charge in [-0.05, 0) is 70.6 Å². The molecule has 3 fully saturated rings. The highest BCUT2D eigenvalue weighted by Gasteiger charge is 2.76. The summed E-state index contributed by atoms with van der Waals surface area (Å²) < 4.78 is 5.30. The van der Waals surface area contributed by atoms with Crippen molar-refractivity contribution in [2.45, 2.75) is 124 Å². The van der Waals surface area contributed by atoms with Crippen molar-refractivity contribution in [1.29, 1.82) is 0 Å². The number of hydrogen-bond donors (Lipinski definition) is 4. The maximum Gasteiger partial charge on any atom is 0.303 e. The molecule has 0 spiro atoms. The molecule has 0 aliphatic heterocycles. The molecular weight excluding hydrogens is 528 g/mol. The SMILES string of the molecule is CC(=O)OC(C)(C)CCC(=O)[C@](C)(O)[C@H]1[C@H](O)C[C@@]2(C)[C@@H]3[C@@H](O)C=C4[C@H](C[C@H](O)C(=O)C4(C)C)[C@]3(C)C(=O)C[C@]12C. The maximum absolute atomic E-state index is 14.3. The van der Waals surface area contributed by atoms with Gasteiger partial charge in [0.1, 0.15) is 23.1 Å². The molecule has 4 aliphatic carbocycles. The molecule has 0 aromatic rings. The van der Waals surface area contributed by atoms with Gasteiger partial charge in [0.2, 0.25) is 0 Å². The average molecular weight is 577 g/mol. The highest BCUT2D eigenvalue weighted by molar-refractivity contribution is 5.95. The highest BCUT2D eigenvalue weighted by Crippen LogP contribution is 2.74. The molecule has 0 heterocycles. The van der Waals surface area contributed by atoms with Crippen LogP contribution in [0.2, 0.25) is 0 Å². The van der Waals surface area contributed by atoms with E-state index in [9.17, 15) is 39.6 Å². The number of carbonyl (C=O) groups excluding carboxylic acids is 4. The summed E-state index contributed by atoms with van der Waals surface area (Å²) in [5.74, 6) is -3.66. The molecule has 0 aromatic carbocycles. The number of esters is 1. The number of Topliss-reactive ketones (excluding diaryl/α,β-unsaturated/α-hetero) is 3. The lowest BCUT2D eigenvalue weighted by atomic mass is 9.38. The Hall–Kier alpha value is -1.94. The third kappa shape index (κ3) is 4.40. The molecule has 0 amide bonds. The zero-order valence-corrected chi connectivity index (χ0v) is 25.9. The third-order valence-corrected chi connectivity index (χ3v) is 11.9. The Kier molecular flexibility index (Phi) is 7.43. The van der Waals surface area contributed by atoms with Crippen LogP contribution in [0.25, 0.3) is 0 Å². The first-order valence-electron chi connectivity index (χ1n) is 14.8. The molecule has 4 rings (SSSR count). The van der Waals surface area contributed by atoms with Crippen LogP contribution < -0.4 is 0 Å². The number of carbonyl (C=O) groups is 4. The van der Waals surface area contributed by atoms with Crippen LogP contribution in [-0.2, 0) is 23.9 Å². The van der Waals surface area contributed by atoms with E-state index in [0.717, 1.165) is 0 Å². The summed E-state index contributed by atoms with van der Waals surface area (Å²) in [6.45, 7) is 15.0. The number of fused-ring (bicyclic) bond motifs is 5. The van der Waals surface area contributed by atoms with Gasteiger partial charge >= 0.3 is 5.97 Å². The van der Waals surface area contributed by atoms with E-state index < -0.39 is 80.7 Å². The van der Waals surface area contributed by atoms with Crippen LogP contribution in [0.15, 0.2) is 11.6 Å². The van der Waals surface area contributed by atoms with Gasteiger partial charge in [-0.3, -0.25) is 19.2 Å². The molecule has 0 unspecified atom stereocenters. The first kappa shape index (κ1) is 32.0. The maximum atomic E-state index is 14.3. The largest absolute Gasteiger partial charge is 0.460 e. The van der Waals surface area contributed by atoms with Crippen molar-refractivity contribution in [3.8, 4) is 0 Å². The van der Waals surface area contributed by atoms with E-state index in [1.807, 2.05) is 20.8 Å². The van der Waals surface area contributed by atoms with Crippen molar-refractivity contribution in [2.75, 3.05) is 0 Å². The van der Waals surface area contributed by atoms with Gasteiger partial charge in [-0.2, -0.15) is 0 Å². The van der Waals surface area contributed by atoms with Gasteiger partial charge in [0, 0.05) is 42.4 Å². The number of aliphatic hydroxyl groups excluding tert-OH is 3. The zero-order chi connectivity index (χ0) is 31.3. The lowest BCUT2D eigenvalue weighted by molar-refractivity contribution is -0.197. The second-order valence-electron chi connectivity index (χ2n) is 15.3. The van der Waals surface area contributed by atoms with Gasteiger partial charge in [-0.15, -0.1) is 0 Å². The molecule has 0 radical (unpaired) electrons. The number of aliphatic hydroxyl groups is 4. The van der Waals surface area contributed by atoms with E-state index in [4.69, 9.17) is 4.74 Å². The minimum absolute atomic E-state index is 0.0401. The van der Waals surface area contributed by atoms with Crippen LogP contribution in [0.3, 0.4) is 0 Å². The Labute approximate surface area is 242 Å². The fourth-order valence-corrected chi connectivity index (χ4v) is 9.76. The second kappa shape index (κ2) is 9.53. The fourth-order valence-electron chi connectivity index (χ4n) is 9.76. The van der Waals surface area contributed by atoms with E-state index in [1.54, 1.807) is 33.8 Å². The molecule has 0 aromatic heterocycles. The van der Waals surface area contributed by atoms with Gasteiger partial charge in [-0.1, -0.05) is 32.4 Å². The Morgan fingerprint density at radius 1 is 1.02 bits per heavy atom. The van der Waals surface area contributed by atoms with Crippen molar-refractivity contribution < 1.29 is 44.3 Å². The second-order valence-corrected chi connectivity index (χ2v) is 15.3. The molecule has 230 valence electrons. The lowest BCUT2D eigenvalue weighted by Gasteiger charge is -2.65. The van der Waals surface area contributed by atoms with Crippen molar-refractivity contribution in [3.63, 3.8) is 0 Å². The van der Waals surface area contributed by atoms with Crippen LogP contribution in [0, 0.1) is 39.4 Å². The van der Waals surface area contributed by atoms with Gasteiger partial charge in [0.05, 0.1) is 12.2 Å². The van der Waals surface area contributed by atoms with Gasteiger partial charge in [-0.25, -0.2) is 0 Å². The van der Waals surface area contributed by atoms with Gasteiger partial charge in [0.15, 0.2) is 11.6 Å². The standard InChI is InChI=1S/C32H48O9/c1-16(33)41-27(2,3)11-10-22(37)32(9,40)25-21(36)14-29(6)24-19(34)12-17-18(13-20(35)26(39)28(17,4)5)31(24,8)23(38)15-30(25,29)7/h12,18-21,24-25,34-36,40H,10-11,13-15H2,1-9H3/t18-,19-,20-,21+,24-,25-,29-,30+,31+,32-/m0/s1. The summed E-state index contributed by atoms with van der Waals surface area (Å²) in [5, 5.41) is 45.8. The number of allylic oxidation sites excluding steroid dienone is 1. The Balaban J connectivity index is 1.75. The quantitative estimate of drug-likeness (QED) is 0.275. The molecule has 4 N–H and O–H groups in total. The lowest BCUT2D eigenvalue weighted by Crippen LogP contribution is -2.68. The summed E-state index contributed by atoms with van der Waals surface area (Å²) in [6, 6.07) is 0. The Morgan fingerprint density at radius 2 is 1.61 bits per heavy atom. The van der Waals surface area contributed by atoms with E-state index >= 15 is 0 Å². The smallest absolute Gasteiger partial charge is 0.303 e. The van der Waals surface area contributed by atoms with Gasteiger partial charge < -0.3 is 25.2 Å². The van der Waals surface area contributed by atoms with Crippen LogP contribution >= 0.6 is 0 Å². The molecule has 9 heteroatoms. The first-order chi connectivity index (χ1) is 18.5. The van der Waals surface area contributed by atoms with Crippen molar-refractivity contribution >= 4 is 23.3 Å². The van der Waals surface area contributed by atoms with Crippen molar-refractivity contribution in [2.24, 2.45) is 39.4 Å². The predicted octanol–water partition coefficient (Wildman–Crippen LogP) is 2.69. The van der Waals surface area contributed by atoms with E-state index in [-0.39, 0.29) is 43.7 Å². The fraction of sp³-hybridized carbons (Fsp3) is 0.812. The predicted molar refractivity (Wildman–Crippen MR) is 149 cm³/mol. The van der Waals surface area contributed by atoms with E-state index in [1.165, 1.54) is 13.8 Å². The van der Waals surface area contributed by atoms with Crippen molar-refractivity contribution in [1.82, 2.24) is 0 Å². The molecule has 4 aliphatic rings. The summed E-state index contributed by atoms with van der Waals surface area (Å²) in [5.41, 5.74) is -6.37. The number of ether oxygens (including phenoxy) is 1. The Bertz CT molecular complexity index is 1200. The van der Waals surface area contributed by atoms with Gasteiger partial charge in [0.25, 0.3) is 0 Å². The number of hydrogen-bond acceptors (Lipinski definition) is 9. The Morgan fingerprint density at radius 3 is 2.17 bits per heavy atom.